The fourth-order valence-corrected chi connectivity index (χ4v) is 4.71. The number of aromatic nitrogens is 3. The van der Waals surface area contributed by atoms with Gasteiger partial charge in [-0.2, -0.15) is 13.9 Å². The lowest BCUT2D eigenvalue weighted by molar-refractivity contribution is -0.166. The van der Waals surface area contributed by atoms with E-state index in [1.165, 1.54) is 22.4 Å². The molecule has 0 fully saturated rings. The summed E-state index contributed by atoms with van der Waals surface area (Å²) in [7, 11) is 0. The molecule has 1 heterocycles. The molecule has 1 aromatic heterocycles. The van der Waals surface area contributed by atoms with Gasteiger partial charge in [-0.05, 0) is 59.1 Å². The zero-order valence-electron chi connectivity index (χ0n) is 23.3. The summed E-state index contributed by atoms with van der Waals surface area (Å²) >= 11 is 0. The van der Waals surface area contributed by atoms with Crippen LogP contribution in [0.3, 0.4) is 0 Å². The lowest BCUT2D eigenvalue weighted by Crippen LogP contribution is -2.25. The largest absolute Gasteiger partial charge is 0.477 e. The van der Waals surface area contributed by atoms with Crippen molar-refractivity contribution in [3.8, 4) is 11.1 Å². The van der Waals surface area contributed by atoms with Crippen LogP contribution in [0.15, 0.2) is 77.6 Å². The van der Waals surface area contributed by atoms with Gasteiger partial charge in [0, 0.05) is 18.5 Å². The Morgan fingerprint density at radius 1 is 0.875 bits per heavy atom. The zero-order valence-corrected chi connectivity index (χ0v) is 23.3. The van der Waals surface area contributed by atoms with Crippen LogP contribution in [0.2, 0.25) is 0 Å². The average molecular weight is 548 g/mol. The molecule has 0 aliphatic rings. The van der Waals surface area contributed by atoms with Gasteiger partial charge >= 0.3 is 17.6 Å². The summed E-state index contributed by atoms with van der Waals surface area (Å²) in [5, 5.41) is 13.5. The van der Waals surface area contributed by atoms with Crippen molar-refractivity contribution < 1.29 is 18.7 Å². The van der Waals surface area contributed by atoms with Gasteiger partial charge in [-0.3, -0.25) is 4.57 Å². The first-order chi connectivity index (χ1) is 18.9. The maximum absolute atomic E-state index is 13.9. The number of nitrogens with zero attached hydrogens (tertiary/aromatic N) is 3. The van der Waals surface area contributed by atoms with Crippen molar-refractivity contribution in [1.29, 1.82) is 0 Å². The number of hydrogen-bond donors (Lipinski definition) is 1. The van der Waals surface area contributed by atoms with Crippen molar-refractivity contribution in [2.24, 2.45) is 0 Å². The predicted molar refractivity (Wildman–Crippen MR) is 152 cm³/mol. The highest BCUT2D eigenvalue weighted by atomic mass is 19.3. The lowest BCUT2D eigenvalue weighted by atomic mass is 9.87. The molecule has 0 saturated heterocycles. The number of hydrogen-bond acceptors (Lipinski definition) is 3. The van der Waals surface area contributed by atoms with Crippen molar-refractivity contribution in [1.82, 2.24) is 14.3 Å². The van der Waals surface area contributed by atoms with E-state index in [4.69, 9.17) is 5.11 Å². The summed E-state index contributed by atoms with van der Waals surface area (Å²) in [5.74, 6) is -5.36. The number of aliphatic carboxylic acids is 1. The topological polar surface area (TPSA) is 77.1 Å². The molecule has 6 nitrogen and oxygen atoms in total. The molecule has 0 spiro atoms. The van der Waals surface area contributed by atoms with Gasteiger partial charge in [-0.25, -0.2) is 14.3 Å². The third-order valence-corrected chi connectivity index (χ3v) is 7.11. The van der Waals surface area contributed by atoms with E-state index in [-0.39, 0.29) is 11.1 Å². The Hall–Kier alpha value is -4.07. The zero-order chi connectivity index (χ0) is 29.1. The SMILES string of the molecule is CCn1c(CCCc2ccc(-c3cccc(C(F)(F)C(=O)O)c3)cc2)nn(Cc2ccc(C(C)(C)C)cc2)c1=O. The molecule has 8 heteroatoms. The number of alkyl halides is 2. The van der Waals surface area contributed by atoms with Gasteiger partial charge < -0.3 is 5.11 Å². The molecule has 0 atom stereocenters. The van der Waals surface area contributed by atoms with Crippen LogP contribution in [0.5, 0.6) is 0 Å². The van der Waals surface area contributed by atoms with Crippen LogP contribution in [-0.4, -0.2) is 25.4 Å². The molecule has 40 heavy (non-hydrogen) atoms. The summed E-state index contributed by atoms with van der Waals surface area (Å²) in [5.41, 5.74) is 3.99. The van der Waals surface area contributed by atoms with E-state index in [1.807, 2.05) is 31.2 Å². The fraction of sp³-hybridized carbons (Fsp3) is 0.344. The molecular weight excluding hydrogens is 512 g/mol. The van der Waals surface area contributed by atoms with Crippen molar-refractivity contribution in [3.63, 3.8) is 0 Å². The fourth-order valence-electron chi connectivity index (χ4n) is 4.71. The van der Waals surface area contributed by atoms with E-state index in [0.717, 1.165) is 41.4 Å². The highest BCUT2D eigenvalue weighted by molar-refractivity contribution is 5.78. The standard InChI is InChI=1S/C32H35F2N3O3/c1-5-36-28(35-37(30(36)40)21-23-14-18-26(19-15-23)31(2,3)4)11-6-8-22-12-16-24(17-13-22)25-9-7-10-27(20-25)32(33,34)29(38)39/h7,9-10,12-20H,5-6,8,11,21H2,1-4H3,(H,38,39). The Morgan fingerprint density at radius 2 is 1.52 bits per heavy atom. The van der Waals surface area contributed by atoms with Crippen LogP contribution in [0.1, 0.15) is 62.2 Å². The second kappa shape index (κ2) is 11.6. The lowest BCUT2D eigenvalue weighted by Gasteiger charge is -2.19. The van der Waals surface area contributed by atoms with Gasteiger partial charge in [0.15, 0.2) is 0 Å². The highest BCUT2D eigenvalue weighted by Crippen LogP contribution is 2.31. The molecule has 0 amide bonds. The summed E-state index contributed by atoms with van der Waals surface area (Å²) in [6.07, 6.45) is 2.19. The van der Waals surface area contributed by atoms with Crippen LogP contribution in [0.4, 0.5) is 8.78 Å². The summed E-state index contributed by atoms with van der Waals surface area (Å²) in [4.78, 5) is 23.9. The van der Waals surface area contributed by atoms with Gasteiger partial charge in [-0.15, -0.1) is 0 Å². The Kier molecular flexibility index (Phi) is 8.37. The highest BCUT2D eigenvalue weighted by Gasteiger charge is 2.41. The number of carboxylic acid groups (broad SMARTS) is 1. The minimum atomic E-state index is -3.95. The Bertz CT molecular complexity index is 1530. The number of aryl methyl sites for hydroxylation is 2. The normalized spacial score (nSPS) is 12.1. The number of carbonyl (C=O) groups is 1. The molecule has 0 saturated carbocycles. The van der Waals surface area contributed by atoms with Crippen LogP contribution >= 0.6 is 0 Å². The molecule has 0 aliphatic heterocycles. The van der Waals surface area contributed by atoms with Crippen LogP contribution < -0.4 is 5.69 Å². The van der Waals surface area contributed by atoms with E-state index in [9.17, 15) is 18.4 Å². The van der Waals surface area contributed by atoms with E-state index >= 15 is 0 Å². The van der Waals surface area contributed by atoms with Gasteiger partial charge in [0.05, 0.1) is 6.54 Å². The van der Waals surface area contributed by atoms with Crippen molar-refractivity contribution in [2.45, 2.75) is 71.4 Å². The maximum Gasteiger partial charge on any atom is 0.379 e. The summed E-state index contributed by atoms with van der Waals surface area (Å²) < 4.78 is 31.1. The van der Waals surface area contributed by atoms with Crippen LogP contribution in [0, 0.1) is 0 Å². The molecule has 3 aromatic carbocycles. The number of halogens is 2. The minimum Gasteiger partial charge on any atom is -0.477 e. The Balaban J connectivity index is 1.40. The number of rotatable bonds is 10. The average Bonchev–Trinajstić information content (AvgIpc) is 3.22. The summed E-state index contributed by atoms with van der Waals surface area (Å²) in [6, 6.07) is 21.3. The van der Waals surface area contributed by atoms with Gasteiger partial charge in [-0.1, -0.05) is 87.5 Å². The van der Waals surface area contributed by atoms with E-state index in [0.29, 0.717) is 25.1 Å². The van der Waals surface area contributed by atoms with Crippen molar-refractivity contribution >= 4 is 5.97 Å². The molecular formula is C32H35F2N3O3. The van der Waals surface area contributed by atoms with Crippen LogP contribution in [0.25, 0.3) is 11.1 Å². The molecule has 210 valence electrons. The quantitative estimate of drug-likeness (QED) is 0.248. The number of carboxylic acids is 1. The Morgan fingerprint density at radius 3 is 2.12 bits per heavy atom. The first kappa shape index (κ1) is 28.9. The van der Waals surface area contributed by atoms with Crippen molar-refractivity contribution in [2.75, 3.05) is 0 Å². The molecule has 0 bridgehead atoms. The van der Waals surface area contributed by atoms with Crippen LogP contribution in [-0.2, 0) is 42.1 Å². The second-order valence-corrected chi connectivity index (χ2v) is 11.1. The van der Waals surface area contributed by atoms with E-state index < -0.39 is 17.5 Å². The third kappa shape index (κ3) is 6.38. The van der Waals surface area contributed by atoms with Gasteiger partial charge in [0.2, 0.25) is 0 Å². The molecule has 4 rings (SSSR count). The third-order valence-electron chi connectivity index (χ3n) is 7.11. The molecule has 0 radical (unpaired) electrons. The summed E-state index contributed by atoms with van der Waals surface area (Å²) in [6.45, 7) is 9.42. The first-order valence-corrected chi connectivity index (χ1v) is 13.5. The molecule has 0 aliphatic carbocycles. The van der Waals surface area contributed by atoms with Gasteiger partial charge in [0.25, 0.3) is 0 Å². The predicted octanol–water partition coefficient (Wildman–Crippen LogP) is 6.43. The van der Waals surface area contributed by atoms with Crippen molar-refractivity contribution in [3.05, 3.63) is 111 Å². The molecule has 0 unspecified atom stereocenters. The number of benzene rings is 3. The minimum absolute atomic E-state index is 0.0669. The second-order valence-electron chi connectivity index (χ2n) is 11.1. The molecule has 4 aromatic rings. The Labute approximate surface area is 232 Å². The maximum atomic E-state index is 13.9. The first-order valence-electron chi connectivity index (χ1n) is 13.5. The van der Waals surface area contributed by atoms with E-state index in [2.05, 4.69) is 50.1 Å². The smallest absolute Gasteiger partial charge is 0.379 e. The monoisotopic (exact) mass is 547 g/mol. The van der Waals surface area contributed by atoms with Gasteiger partial charge in [0.1, 0.15) is 5.82 Å². The van der Waals surface area contributed by atoms with E-state index in [1.54, 1.807) is 10.6 Å². The molecule has 1 N–H and O–H groups in total.